The SMILES string of the molecule is CSc1nc2nc(Cl)c(-c3c(F)cc(F)cc3F)c(N3CCC(C(F)(F)F)CC3)n2n1. The molecule has 0 radical (unpaired) electrons. The first-order valence-electron chi connectivity index (χ1n) is 9.07. The van der Waals surface area contributed by atoms with Gasteiger partial charge in [-0.15, -0.1) is 5.10 Å². The van der Waals surface area contributed by atoms with Crippen molar-refractivity contribution in [3.8, 4) is 11.1 Å². The standard InChI is InChI=1S/C18H14ClF6N5S/c1-31-17-27-16-26-14(19)13(12-10(21)6-9(20)7-11(12)22)15(30(16)28-17)29-4-2-8(3-5-29)18(23,24)25/h6-8H,2-5H2,1H3. The van der Waals surface area contributed by atoms with Crippen LogP contribution in [-0.2, 0) is 0 Å². The molecule has 1 fully saturated rings. The smallest absolute Gasteiger partial charge is 0.356 e. The number of benzene rings is 1. The Morgan fingerprint density at radius 2 is 1.65 bits per heavy atom. The number of fused-ring (bicyclic) bond motifs is 1. The molecule has 0 aliphatic carbocycles. The molecule has 3 aromatic rings. The number of anilines is 1. The first-order valence-corrected chi connectivity index (χ1v) is 10.7. The van der Waals surface area contributed by atoms with Crippen LogP contribution in [0.25, 0.3) is 16.9 Å². The van der Waals surface area contributed by atoms with Gasteiger partial charge in [-0.3, -0.25) is 0 Å². The molecule has 1 aliphatic heterocycles. The van der Waals surface area contributed by atoms with Gasteiger partial charge in [0.05, 0.1) is 17.0 Å². The Morgan fingerprint density at radius 1 is 1.03 bits per heavy atom. The van der Waals surface area contributed by atoms with Crippen molar-refractivity contribution < 1.29 is 26.3 Å². The first-order chi connectivity index (χ1) is 14.6. The molecule has 0 bridgehead atoms. The fraction of sp³-hybridized carbons (Fsp3) is 0.389. The summed E-state index contributed by atoms with van der Waals surface area (Å²) in [6.07, 6.45) is -3.08. The number of halogens is 7. The highest BCUT2D eigenvalue weighted by Crippen LogP contribution is 2.42. The maximum Gasteiger partial charge on any atom is 0.391 e. The van der Waals surface area contributed by atoms with E-state index in [1.165, 1.54) is 21.2 Å². The van der Waals surface area contributed by atoms with Crippen LogP contribution in [0.4, 0.5) is 32.2 Å². The molecule has 13 heteroatoms. The van der Waals surface area contributed by atoms with Crippen LogP contribution in [0.5, 0.6) is 0 Å². The minimum absolute atomic E-state index is 0.0222. The Balaban J connectivity index is 1.92. The van der Waals surface area contributed by atoms with Gasteiger partial charge in [0.25, 0.3) is 5.78 Å². The lowest BCUT2D eigenvalue weighted by Crippen LogP contribution is -2.40. The van der Waals surface area contributed by atoms with E-state index in [1.54, 1.807) is 6.26 Å². The summed E-state index contributed by atoms with van der Waals surface area (Å²) in [6.45, 7) is -0.128. The van der Waals surface area contributed by atoms with Crippen LogP contribution in [0.3, 0.4) is 0 Å². The van der Waals surface area contributed by atoms with E-state index in [9.17, 15) is 26.3 Å². The van der Waals surface area contributed by atoms with E-state index in [2.05, 4.69) is 15.1 Å². The Labute approximate surface area is 181 Å². The van der Waals surface area contributed by atoms with E-state index < -0.39 is 35.1 Å². The van der Waals surface area contributed by atoms with E-state index in [0.29, 0.717) is 12.1 Å². The molecule has 0 N–H and O–H groups in total. The van der Waals surface area contributed by atoms with Gasteiger partial charge >= 0.3 is 6.18 Å². The second kappa shape index (κ2) is 8.05. The normalized spacial score (nSPS) is 15.8. The molecule has 0 unspecified atom stereocenters. The van der Waals surface area contributed by atoms with Crippen LogP contribution in [0.15, 0.2) is 17.3 Å². The Kier molecular flexibility index (Phi) is 5.71. The van der Waals surface area contributed by atoms with Crippen LogP contribution in [0, 0.1) is 23.4 Å². The average molecular weight is 482 g/mol. The fourth-order valence-corrected chi connectivity index (χ4v) is 4.23. The van der Waals surface area contributed by atoms with Crippen molar-refractivity contribution in [2.75, 3.05) is 24.2 Å². The lowest BCUT2D eigenvalue weighted by atomic mass is 9.95. The number of hydrogen-bond donors (Lipinski definition) is 0. The van der Waals surface area contributed by atoms with E-state index >= 15 is 0 Å². The molecule has 166 valence electrons. The van der Waals surface area contributed by atoms with Gasteiger partial charge in [0.1, 0.15) is 28.4 Å². The Bertz CT molecular complexity index is 1120. The van der Waals surface area contributed by atoms with Crippen LogP contribution >= 0.6 is 23.4 Å². The molecule has 4 rings (SSSR count). The molecule has 3 heterocycles. The van der Waals surface area contributed by atoms with E-state index in [4.69, 9.17) is 11.6 Å². The number of piperidine rings is 1. The third-order valence-electron chi connectivity index (χ3n) is 5.10. The number of nitrogens with zero attached hydrogens (tertiary/aromatic N) is 5. The van der Waals surface area contributed by atoms with Crippen molar-refractivity contribution >= 4 is 35.0 Å². The summed E-state index contributed by atoms with van der Waals surface area (Å²) in [5, 5.41) is 4.20. The van der Waals surface area contributed by atoms with Crippen molar-refractivity contribution in [2.24, 2.45) is 5.92 Å². The average Bonchev–Trinajstić information content (AvgIpc) is 3.09. The molecule has 0 amide bonds. The number of rotatable bonds is 3. The lowest BCUT2D eigenvalue weighted by Gasteiger charge is -2.35. The molecule has 1 saturated heterocycles. The Hall–Kier alpha value is -2.21. The van der Waals surface area contributed by atoms with Crippen molar-refractivity contribution in [1.82, 2.24) is 19.6 Å². The van der Waals surface area contributed by atoms with Crippen molar-refractivity contribution in [2.45, 2.75) is 24.2 Å². The topological polar surface area (TPSA) is 46.3 Å². The summed E-state index contributed by atoms with van der Waals surface area (Å²) in [5.74, 6) is -4.99. The number of hydrogen-bond acceptors (Lipinski definition) is 5. The molecular formula is C18H14ClF6N5S. The van der Waals surface area contributed by atoms with Gasteiger partial charge in [-0.2, -0.15) is 27.7 Å². The maximum absolute atomic E-state index is 14.6. The van der Waals surface area contributed by atoms with Gasteiger partial charge in [-0.25, -0.2) is 13.2 Å². The van der Waals surface area contributed by atoms with Crippen LogP contribution in [-0.4, -0.2) is 45.1 Å². The molecule has 5 nitrogen and oxygen atoms in total. The summed E-state index contributed by atoms with van der Waals surface area (Å²) < 4.78 is 83.3. The summed E-state index contributed by atoms with van der Waals surface area (Å²) >= 11 is 7.45. The van der Waals surface area contributed by atoms with Crippen molar-refractivity contribution in [3.63, 3.8) is 0 Å². The molecule has 1 aliphatic rings. The quantitative estimate of drug-likeness (QED) is 0.286. The largest absolute Gasteiger partial charge is 0.391 e. The molecule has 2 aromatic heterocycles. The molecule has 1 aromatic carbocycles. The molecule has 0 spiro atoms. The predicted molar refractivity (Wildman–Crippen MR) is 104 cm³/mol. The van der Waals surface area contributed by atoms with Crippen LogP contribution in [0.2, 0.25) is 5.15 Å². The van der Waals surface area contributed by atoms with E-state index in [-0.39, 0.29) is 53.4 Å². The van der Waals surface area contributed by atoms with Crippen molar-refractivity contribution in [3.05, 3.63) is 34.7 Å². The zero-order valence-corrected chi connectivity index (χ0v) is 17.4. The number of thioether (sulfide) groups is 1. The highest BCUT2D eigenvalue weighted by molar-refractivity contribution is 7.98. The van der Waals surface area contributed by atoms with Gasteiger partial charge in [0, 0.05) is 25.2 Å². The number of alkyl halides is 3. The van der Waals surface area contributed by atoms with Gasteiger partial charge in [-0.05, 0) is 19.1 Å². The monoisotopic (exact) mass is 481 g/mol. The molecule has 0 saturated carbocycles. The summed E-state index contributed by atoms with van der Waals surface area (Å²) in [7, 11) is 0. The third kappa shape index (κ3) is 4.02. The molecule has 0 atom stereocenters. The van der Waals surface area contributed by atoms with Gasteiger partial charge in [-0.1, -0.05) is 23.4 Å². The minimum Gasteiger partial charge on any atom is -0.356 e. The molecular weight excluding hydrogens is 468 g/mol. The third-order valence-corrected chi connectivity index (χ3v) is 5.91. The summed E-state index contributed by atoms with van der Waals surface area (Å²) in [5.41, 5.74) is -0.873. The van der Waals surface area contributed by atoms with Gasteiger partial charge < -0.3 is 4.90 Å². The summed E-state index contributed by atoms with van der Waals surface area (Å²) in [6, 6.07) is 0.987. The van der Waals surface area contributed by atoms with E-state index in [1.807, 2.05) is 0 Å². The molecule has 31 heavy (non-hydrogen) atoms. The predicted octanol–water partition coefficient (Wildman–Crippen LogP) is 5.36. The zero-order chi connectivity index (χ0) is 22.5. The zero-order valence-electron chi connectivity index (χ0n) is 15.9. The van der Waals surface area contributed by atoms with E-state index in [0.717, 1.165) is 0 Å². The fourth-order valence-electron chi connectivity index (χ4n) is 3.63. The van der Waals surface area contributed by atoms with Crippen LogP contribution < -0.4 is 4.90 Å². The summed E-state index contributed by atoms with van der Waals surface area (Å²) in [4.78, 5) is 9.72. The minimum atomic E-state index is -4.34. The van der Waals surface area contributed by atoms with Gasteiger partial charge in [0.15, 0.2) is 0 Å². The second-order valence-corrected chi connectivity index (χ2v) is 8.09. The maximum atomic E-state index is 14.6. The van der Waals surface area contributed by atoms with Crippen molar-refractivity contribution in [1.29, 1.82) is 0 Å². The highest BCUT2D eigenvalue weighted by Gasteiger charge is 2.42. The van der Waals surface area contributed by atoms with Gasteiger partial charge in [0.2, 0.25) is 5.16 Å². The number of aromatic nitrogens is 4. The first kappa shape index (κ1) is 22.0. The second-order valence-electron chi connectivity index (χ2n) is 6.96. The highest BCUT2D eigenvalue weighted by atomic mass is 35.5. The Morgan fingerprint density at radius 3 is 2.19 bits per heavy atom. The van der Waals surface area contributed by atoms with Crippen LogP contribution in [0.1, 0.15) is 12.8 Å². The lowest BCUT2D eigenvalue weighted by molar-refractivity contribution is -0.179.